The predicted octanol–water partition coefficient (Wildman–Crippen LogP) is 3.70. The average Bonchev–Trinajstić information content (AvgIpc) is 3.87. The zero-order valence-electron chi connectivity index (χ0n) is 28.9. The van der Waals surface area contributed by atoms with Crippen LogP contribution in [0.1, 0.15) is 94.7 Å². The standard InChI is InChI=1S/C34H40N10O5S/c1-17(2)26-32-39-28(20(6)49-32)31(47)35-19(5)13-43(15-25(45)37-27(18(3)4)33-36-22(16-50-33)30(46)38-26)34(48)21-10-11-24-40-41-29(44(24)14-21)23-9-8-12-42(23)7/h8-12,14,16-19,26-27H,13,15H2,1-7H3,(H,35,47)(H,37,45)(H,38,46)/t19-,26-,27+/m1/s1. The number of nitrogens with one attached hydrogen (secondary N) is 3. The molecule has 15 nitrogen and oxygen atoms in total. The van der Waals surface area contributed by atoms with Crippen LogP contribution < -0.4 is 16.0 Å². The summed E-state index contributed by atoms with van der Waals surface area (Å²) in [6, 6.07) is 5.37. The van der Waals surface area contributed by atoms with Gasteiger partial charge in [0.25, 0.3) is 17.7 Å². The SMILES string of the molecule is Cc1oc2nc1C(=O)N[C@H](C)CN(C(=O)c1ccc3nnc(-c4cccn4C)n3c1)CC(=O)N[C@@H](C(C)C)c1nc(cs1)C(=O)N[C@@H]2C(C)C. The molecule has 1 aliphatic rings. The van der Waals surface area contributed by atoms with Crippen LogP contribution in [0, 0.1) is 18.8 Å². The third-order valence-electron chi connectivity index (χ3n) is 8.57. The lowest BCUT2D eigenvalue weighted by Crippen LogP contribution is -2.48. The van der Waals surface area contributed by atoms with Crippen molar-refractivity contribution in [1.29, 1.82) is 0 Å². The highest BCUT2D eigenvalue weighted by atomic mass is 32.1. The topological polar surface area (TPSA) is 182 Å². The Morgan fingerprint density at radius 1 is 0.980 bits per heavy atom. The molecule has 16 heteroatoms. The molecule has 0 saturated heterocycles. The number of nitrogens with zero attached hydrogens (tertiary/aromatic N) is 7. The van der Waals surface area contributed by atoms with Crippen LogP contribution >= 0.6 is 11.3 Å². The molecule has 0 aromatic carbocycles. The van der Waals surface area contributed by atoms with Crippen molar-refractivity contribution in [3.63, 3.8) is 0 Å². The fourth-order valence-electron chi connectivity index (χ4n) is 5.89. The predicted molar refractivity (Wildman–Crippen MR) is 184 cm³/mol. The Kier molecular flexibility index (Phi) is 9.56. The number of thiazole rings is 1. The number of hydrogen-bond acceptors (Lipinski definition) is 10. The van der Waals surface area contributed by atoms with Gasteiger partial charge in [0.15, 0.2) is 17.2 Å². The second-order valence-electron chi connectivity index (χ2n) is 13.2. The number of hydrogen-bond donors (Lipinski definition) is 3. The number of pyridine rings is 1. The zero-order valence-corrected chi connectivity index (χ0v) is 29.7. The molecule has 0 spiro atoms. The van der Waals surface area contributed by atoms with Gasteiger partial charge in [-0.3, -0.25) is 23.6 Å². The molecular weight excluding hydrogens is 661 g/mol. The van der Waals surface area contributed by atoms with Crippen LogP contribution in [0.2, 0.25) is 0 Å². The van der Waals surface area contributed by atoms with Crippen molar-refractivity contribution < 1.29 is 23.6 Å². The van der Waals surface area contributed by atoms with E-state index < -0.39 is 41.8 Å². The van der Waals surface area contributed by atoms with Gasteiger partial charge in [-0.1, -0.05) is 27.7 Å². The molecule has 262 valence electrons. The fraction of sp³-hybridized carbons (Fsp3) is 0.412. The Balaban J connectivity index is 1.37. The van der Waals surface area contributed by atoms with E-state index in [1.54, 1.807) is 42.0 Å². The Hall–Kier alpha value is -5.38. The molecule has 0 saturated carbocycles. The van der Waals surface area contributed by atoms with Crippen molar-refractivity contribution in [2.45, 2.75) is 59.7 Å². The van der Waals surface area contributed by atoms with Gasteiger partial charge in [-0.05, 0) is 49.9 Å². The van der Waals surface area contributed by atoms with E-state index in [-0.39, 0.29) is 48.0 Å². The van der Waals surface area contributed by atoms with Gasteiger partial charge in [-0.25, -0.2) is 9.97 Å². The highest BCUT2D eigenvalue weighted by molar-refractivity contribution is 7.09. The largest absolute Gasteiger partial charge is 0.443 e. The lowest BCUT2D eigenvalue weighted by atomic mass is 10.0. The molecular formula is C34H40N10O5S. The molecule has 0 fully saturated rings. The minimum Gasteiger partial charge on any atom is -0.443 e. The van der Waals surface area contributed by atoms with Crippen molar-refractivity contribution in [2.24, 2.45) is 18.9 Å². The van der Waals surface area contributed by atoms with Gasteiger partial charge in [-0.2, -0.15) is 0 Å². The number of carbonyl (C=O) groups excluding carboxylic acids is 4. The van der Waals surface area contributed by atoms with Crippen molar-refractivity contribution >= 4 is 40.6 Å². The second-order valence-corrected chi connectivity index (χ2v) is 14.1. The molecule has 5 aromatic rings. The van der Waals surface area contributed by atoms with Crippen LogP contribution in [-0.2, 0) is 11.8 Å². The van der Waals surface area contributed by atoms with E-state index in [9.17, 15) is 19.2 Å². The molecule has 4 amide bonds. The Bertz CT molecular complexity index is 2070. The van der Waals surface area contributed by atoms with Crippen molar-refractivity contribution in [3.8, 4) is 11.5 Å². The third kappa shape index (κ3) is 6.88. The van der Waals surface area contributed by atoms with Crippen LogP contribution in [0.4, 0.5) is 0 Å². The number of rotatable bonds is 4. The maximum Gasteiger partial charge on any atom is 0.273 e. The van der Waals surface area contributed by atoms with Crippen LogP contribution in [-0.4, -0.2) is 76.8 Å². The van der Waals surface area contributed by atoms with Gasteiger partial charge in [0.05, 0.1) is 23.8 Å². The molecule has 3 N–H and O–H groups in total. The van der Waals surface area contributed by atoms with Crippen LogP contribution in [0.15, 0.2) is 46.5 Å². The minimum absolute atomic E-state index is 0.00501. The number of carbonyl (C=O) groups is 4. The quantitative estimate of drug-likeness (QED) is 0.252. The van der Waals surface area contributed by atoms with Gasteiger partial charge in [0.2, 0.25) is 11.8 Å². The summed E-state index contributed by atoms with van der Waals surface area (Å²) < 4.78 is 9.54. The summed E-state index contributed by atoms with van der Waals surface area (Å²) in [4.78, 5) is 65.2. The first-order valence-electron chi connectivity index (χ1n) is 16.4. The summed E-state index contributed by atoms with van der Waals surface area (Å²) in [6.07, 6.45) is 3.54. The first-order valence-corrected chi connectivity index (χ1v) is 17.3. The molecule has 0 unspecified atom stereocenters. The Labute approximate surface area is 292 Å². The van der Waals surface area contributed by atoms with Crippen molar-refractivity contribution in [2.75, 3.05) is 13.1 Å². The van der Waals surface area contributed by atoms with E-state index in [2.05, 4.69) is 36.1 Å². The van der Waals surface area contributed by atoms with E-state index in [1.165, 1.54) is 16.2 Å². The molecule has 6 rings (SSSR count). The van der Waals surface area contributed by atoms with Crippen molar-refractivity contribution in [1.82, 2.24) is 50.0 Å². The summed E-state index contributed by atoms with van der Waals surface area (Å²) in [5, 5.41) is 19.7. The molecule has 0 radical (unpaired) electrons. The summed E-state index contributed by atoms with van der Waals surface area (Å²) in [5.74, 6) is -0.990. The van der Waals surface area contributed by atoms with E-state index in [4.69, 9.17) is 4.42 Å². The average molecular weight is 701 g/mol. The van der Waals surface area contributed by atoms with Gasteiger partial charge in [0, 0.05) is 37.4 Å². The molecule has 0 aliphatic carbocycles. The molecule has 50 heavy (non-hydrogen) atoms. The van der Waals surface area contributed by atoms with E-state index in [0.29, 0.717) is 22.0 Å². The summed E-state index contributed by atoms with van der Waals surface area (Å²) in [7, 11) is 1.89. The maximum atomic E-state index is 14.2. The minimum atomic E-state index is -0.636. The molecule has 4 bridgehead atoms. The molecule has 6 heterocycles. The normalized spacial score (nSPS) is 19.3. The number of fused-ring (bicyclic) bond motifs is 5. The lowest BCUT2D eigenvalue weighted by Gasteiger charge is -2.28. The number of aryl methyl sites for hydroxylation is 2. The fourth-order valence-corrected chi connectivity index (χ4v) is 6.91. The maximum absolute atomic E-state index is 14.2. The number of oxazole rings is 1. The Morgan fingerprint density at radius 2 is 1.74 bits per heavy atom. The summed E-state index contributed by atoms with van der Waals surface area (Å²) >= 11 is 1.26. The number of amides is 4. The highest BCUT2D eigenvalue weighted by Gasteiger charge is 2.31. The highest BCUT2D eigenvalue weighted by Crippen LogP contribution is 2.28. The first kappa shape index (κ1) is 34.5. The molecule has 5 aromatic heterocycles. The van der Waals surface area contributed by atoms with Crippen LogP contribution in [0.3, 0.4) is 0 Å². The summed E-state index contributed by atoms with van der Waals surface area (Å²) in [5.41, 5.74) is 1.90. The molecule has 3 atom stereocenters. The smallest absolute Gasteiger partial charge is 0.273 e. The van der Waals surface area contributed by atoms with Crippen molar-refractivity contribution in [3.05, 3.63) is 75.6 Å². The molecule has 1 aliphatic heterocycles. The van der Waals surface area contributed by atoms with Gasteiger partial charge < -0.3 is 29.8 Å². The van der Waals surface area contributed by atoms with E-state index >= 15 is 0 Å². The van der Waals surface area contributed by atoms with Crippen LogP contribution in [0.25, 0.3) is 17.2 Å². The second kappa shape index (κ2) is 13.9. The zero-order chi connectivity index (χ0) is 35.9. The van der Waals surface area contributed by atoms with E-state index in [0.717, 1.165) is 5.69 Å². The third-order valence-corrected chi connectivity index (χ3v) is 9.49. The first-order chi connectivity index (χ1) is 23.8. The van der Waals surface area contributed by atoms with Gasteiger partial charge >= 0.3 is 0 Å². The summed E-state index contributed by atoms with van der Waals surface area (Å²) in [6.45, 7) is 10.8. The number of aromatic nitrogens is 6. The van der Waals surface area contributed by atoms with Gasteiger partial charge in [0.1, 0.15) is 22.5 Å². The monoisotopic (exact) mass is 700 g/mol. The lowest BCUT2D eigenvalue weighted by molar-refractivity contribution is -0.122. The van der Waals surface area contributed by atoms with E-state index in [1.807, 2.05) is 57.6 Å². The Morgan fingerprint density at radius 3 is 2.44 bits per heavy atom. The van der Waals surface area contributed by atoms with Crippen LogP contribution in [0.5, 0.6) is 0 Å². The van der Waals surface area contributed by atoms with Gasteiger partial charge in [-0.15, -0.1) is 21.5 Å².